The van der Waals surface area contributed by atoms with Gasteiger partial charge in [0.1, 0.15) is 4.33 Å². The molecule has 116 valence electrons. The molecule has 2 saturated heterocycles. The van der Waals surface area contributed by atoms with E-state index in [0.717, 1.165) is 12.8 Å². The van der Waals surface area contributed by atoms with E-state index in [2.05, 4.69) is 6.92 Å². The van der Waals surface area contributed by atoms with Crippen LogP contribution in [0.4, 0.5) is 0 Å². The van der Waals surface area contributed by atoms with Gasteiger partial charge in [-0.15, -0.1) is 23.2 Å². The van der Waals surface area contributed by atoms with Crippen LogP contribution in [0.15, 0.2) is 0 Å². The summed E-state index contributed by atoms with van der Waals surface area (Å²) in [7, 11) is 0. The molecule has 2 aliphatic heterocycles. The summed E-state index contributed by atoms with van der Waals surface area (Å²) in [5.41, 5.74) is 0. The zero-order chi connectivity index (χ0) is 14.4. The molecule has 0 aliphatic carbocycles. The predicted molar refractivity (Wildman–Crippen MR) is 77.5 cm³/mol. The number of ether oxygens (including phenoxy) is 4. The lowest BCUT2D eigenvalue weighted by molar-refractivity contribution is -0.113. The average Bonchev–Trinajstić information content (AvgIpc) is 2.51. The second kappa shape index (κ2) is 8.16. The van der Waals surface area contributed by atoms with Gasteiger partial charge in [0.25, 0.3) is 0 Å². The van der Waals surface area contributed by atoms with Crippen LogP contribution in [0.1, 0.15) is 32.1 Å². The van der Waals surface area contributed by atoms with Crippen molar-refractivity contribution in [2.45, 2.75) is 48.6 Å². The van der Waals surface area contributed by atoms with Crippen LogP contribution in [0.3, 0.4) is 0 Å². The van der Waals surface area contributed by atoms with Crippen molar-refractivity contribution in [3.05, 3.63) is 13.2 Å². The van der Waals surface area contributed by atoms with Crippen molar-refractivity contribution in [1.29, 1.82) is 0 Å². The molecule has 2 heterocycles. The summed E-state index contributed by atoms with van der Waals surface area (Å²) in [4.78, 5) is 0. The standard InChI is InChI=1S/C14H22Cl2O4/c1-2-5-14(15,16)8-13-19-11-3-6-17-10-12(20-13)4-7-18-9-11/h11-12H,1-10H2. The van der Waals surface area contributed by atoms with Gasteiger partial charge < -0.3 is 18.9 Å². The highest BCUT2D eigenvalue weighted by Crippen LogP contribution is 2.37. The van der Waals surface area contributed by atoms with Crippen molar-refractivity contribution in [1.82, 2.24) is 0 Å². The molecule has 4 nitrogen and oxygen atoms in total. The summed E-state index contributed by atoms with van der Waals surface area (Å²) in [5.74, 6) is 0. The Hall–Kier alpha value is 0.420. The van der Waals surface area contributed by atoms with Crippen LogP contribution in [-0.4, -0.2) is 43.0 Å². The fourth-order valence-corrected chi connectivity index (χ4v) is 2.74. The van der Waals surface area contributed by atoms with Crippen molar-refractivity contribution < 1.29 is 18.9 Å². The Kier molecular flexibility index (Phi) is 6.85. The van der Waals surface area contributed by atoms with Crippen LogP contribution in [0.5, 0.6) is 0 Å². The lowest BCUT2D eigenvalue weighted by Crippen LogP contribution is -2.28. The molecular weight excluding hydrogens is 303 g/mol. The zero-order valence-electron chi connectivity index (χ0n) is 11.6. The van der Waals surface area contributed by atoms with E-state index >= 15 is 0 Å². The summed E-state index contributed by atoms with van der Waals surface area (Å²) in [6.07, 6.45) is 3.48. The van der Waals surface area contributed by atoms with Crippen molar-refractivity contribution in [3.63, 3.8) is 0 Å². The van der Waals surface area contributed by atoms with Gasteiger partial charge in [0, 0.05) is 19.6 Å². The van der Waals surface area contributed by atoms with E-state index in [9.17, 15) is 0 Å². The Morgan fingerprint density at radius 3 is 2.10 bits per heavy atom. The van der Waals surface area contributed by atoms with Gasteiger partial charge in [0.15, 0.2) is 0 Å². The van der Waals surface area contributed by atoms with E-state index in [0.29, 0.717) is 52.0 Å². The van der Waals surface area contributed by atoms with E-state index in [1.165, 1.54) is 0 Å². The van der Waals surface area contributed by atoms with Gasteiger partial charge in [-0.1, -0.05) is 13.3 Å². The number of fused-ring (bicyclic) bond motifs is 4. The maximum Gasteiger partial charge on any atom is 0.227 e. The molecule has 2 unspecified atom stereocenters. The quantitative estimate of drug-likeness (QED) is 0.744. The molecular formula is C14H22Cl2O4. The van der Waals surface area contributed by atoms with Gasteiger partial charge in [-0.25, -0.2) is 0 Å². The fraction of sp³-hybridized carbons (Fsp3) is 0.857. The van der Waals surface area contributed by atoms with Gasteiger partial charge >= 0.3 is 0 Å². The predicted octanol–water partition coefficient (Wildman–Crippen LogP) is 3.27. The largest absolute Gasteiger partial charge is 0.379 e. The van der Waals surface area contributed by atoms with Gasteiger partial charge in [-0.2, -0.15) is 0 Å². The summed E-state index contributed by atoms with van der Waals surface area (Å²) >= 11 is 12.6. The summed E-state index contributed by atoms with van der Waals surface area (Å²) in [6.45, 7) is 6.15. The molecule has 0 aromatic heterocycles. The lowest BCUT2D eigenvalue weighted by Gasteiger charge is -2.28. The number of rotatable bonds is 4. The molecule has 0 spiro atoms. The Labute approximate surface area is 131 Å². The highest BCUT2D eigenvalue weighted by Gasteiger charge is 2.34. The van der Waals surface area contributed by atoms with Crippen LogP contribution in [0.2, 0.25) is 0 Å². The molecule has 2 rings (SSSR count). The molecule has 0 aromatic rings. The topological polar surface area (TPSA) is 36.9 Å². The van der Waals surface area contributed by atoms with Gasteiger partial charge in [0.05, 0.1) is 25.4 Å². The Balaban J connectivity index is 2.02. The van der Waals surface area contributed by atoms with E-state index in [1.807, 2.05) is 0 Å². The summed E-state index contributed by atoms with van der Waals surface area (Å²) in [5, 5.41) is 0. The first-order chi connectivity index (χ1) is 9.59. The smallest absolute Gasteiger partial charge is 0.227 e. The molecule has 20 heavy (non-hydrogen) atoms. The van der Waals surface area contributed by atoms with Crippen molar-refractivity contribution in [2.24, 2.45) is 0 Å². The molecule has 0 N–H and O–H groups in total. The third kappa shape index (κ3) is 5.66. The Bertz CT molecular complexity index is 258. The molecule has 2 aliphatic rings. The maximum atomic E-state index is 6.28. The monoisotopic (exact) mass is 324 g/mol. The second-order valence-electron chi connectivity index (χ2n) is 5.22. The molecule has 2 bridgehead atoms. The van der Waals surface area contributed by atoms with Crippen LogP contribution < -0.4 is 0 Å². The van der Waals surface area contributed by atoms with Crippen LogP contribution in [-0.2, 0) is 18.9 Å². The zero-order valence-corrected chi connectivity index (χ0v) is 13.1. The third-order valence-corrected chi connectivity index (χ3v) is 3.96. The number of hydrogen-bond donors (Lipinski definition) is 0. The first-order valence-corrected chi connectivity index (χ1v) is 7.86. The Morgan fingerprint density at radius 1 is 1.05 bits per heavy atom. The molecule has 6 heteroatoms. The highest BCUT2D eigenvalue weighted by molar-refractivity contribution is 6.48. The number of halogens is 2. The average molecular weight is 325 g/mol. The first kappa shape index (κ1) is 16.8. The minimum absolute atomic E-state index is 0.0780. The van der Waals surface area contributed by atoms with E-state index in [4.69, 9.17) is 42.1 Å². The minimum Gasteiger partial charge on any atom is -0.379 e. The number of alkyl halides is 2. The lowest BCUT2D eigenvalue weighted by atomic mass is 10.1. The second-order valence-corrected chi connectivity index (χ2v) is 6.86. The fourth-order valence-electron chi connectivity index (χ4n) is 2.25. The van der Waals surface area contributed by atoms with E-state index < -0.39 is 4.33 Å². The Morgan fingerprint density at radius 2 is 1.60 bits per heavy atom. The number of hydrogen-bond acceptors (Lipinski definition) is 4. The highest BCUT2D eigenvalue weighted by atomic mass is 35.5. The van der Waals surface area contributed by atoms with E-state index in [-0.39, 0.29) is 12.2 Å². The van der Waals surface area contributed by atoms with Crippen LogP contribution in [0.25, 0.3) is 0 Å². The summed E-state index contributed by atoms with van der Waals surface area (Å²) < 4.78 is 22.1. The minimum atomic E-state index is -0.907. The van der Waals surface area contributed by atoms with Crippen molar-refractivity contribution >= 4 is 23.2 Å². The maximum absolute atomic E-state index is 6.28. The van der Waals surface area contributed by atoms with E-state index in [1.54, 1.807) is 0 Å². The van der Waals surface area contributed by atoms with Crippen LogP contribution >= 0.6 is 23.2 Å². The molecule has 0 saturated carbocycles. The molecule has 2 atom stereocenters. The van der Waals surface area contributed by atoms with Gasteiger partial charge in [0.2, 0.25) is 6.29 Å². The van der Waals surface area contributed by atoms with Gasteiger partial charge in [-0.05, 0) is 19.3 Å². The third-order valence-electron chi connectivity index (χ3n) is 3.32. The van der Waals surface area contributed by atoms with Crippen molar-refractivity contribution in [3.8, 4) is 0 Å². The summed E-state index contributed by atoms with van der Waals surface area (Å²) in [6, 6.07) is 0. The SMILES string of the molecule is [CH2]CCC(Cl)(Cl)C[C]1OC2CCOCC(CCOC2)O1. The normalized spacial score (nSPS) is 30.1. The molecule has 2 radical (unpaired) electrons. The van der Waals surface area contributed by atoms with Crippen molar-refractivity contribution in [2.75, 3.05) is 26.4 Å². The first-order valence-electron chi connectivity index (χ1n) is 7.11. The molecule has 0 aromatic carbocycles. The molecule has 2 fully saturated rings. The van der Waals surface area contributed by atoms with Gasteiger partial charge in [-0.3, -0.25) is 0 Å². The van der Waals surface area contributed by atoms with Crippen LogP contribution in [0, 0.1) is 13.2 Å². The molecule has 0 amide bonds.